The highest BCUT2D eigenvalue weighted by Gasteiger charge is 2.07. The lowest BCUT2D eigenvalue weighted by Gasteiger charge is -2.04. The monoisotopic (exact) mass is 262 g/mol. The summed E-state index contributed by atoms with van der Waals surface area (Å²) in [6.07, 6.45) is 0. The summed E-state index contributed by atoms with van der Waals surface area (Å²) in [6, 6.07) is 0. The van der Waals surface area contributed by atoms with Crippen molar-refractivity contribution in [3.63, 3.8) is 0 Å². The smallest absolute Gasteiger partial charge is 0.339 e. The summed E-state index contributed by atoms with van der Waals surface area (Å²) < 4.78 is 17.9. The Balaban J connectivity index is 3.41. The average molecular weight is 262 g/mol. The molecular formula is C10H14O8. The van der Waals surface area contributed by atoms with Gasteiger partial charge in [-0.25, -0.2) is 9.59 Å². The van der Waals surface area contributed by atoms with Gasteiger partial charge in [0, 0.05) is 13.8 Å². The molecule has 0 aliphatic heterocycles. The Hall–Kier alpha value is -1.80. The maximum atomic E-state index is 10.8. The zero-order chi connectivity index (χ0) is 14.0. The highest BCUT2D eigenvalue weighted by atomic mass is 16.6. The van der Waals surface area contributed by atoms with Gasteiger partial charge in [-0.3, -0.25) is 9.59 Å². The topological polar surface area (TPSA) is 105 Å². The number of carbonyl (C=O) groups is 4. The van der Waals surface area contributed by atoms with Gasteiger partial charge in [-0.1, -0.05) is 0 Å². The van der Waals surface area contributed by atoms with Crippen LogP contribution >= 0.6 is 0 Å². The number of rotatable bonds is 7. The minimum Gasteiger partial charge on any atom is -0.392 e. The van der Waals surface area contributed by atoms with Crippen LogP contribution in [0, 0.1) is 0 Å². The third-order valence-electron chi connectivity index (χ3n) is 1.33. The highest BCUT2D eigenvalue weighted by Crippen LogP contribution is 1.86. The summed E-state index contributed by atoms with van der Waals surface area (Å²) in [7, 11) is 0. The van der Waals surface area contributed by atoms with Crippen molar-refractivity contribution >= 4 is 23.9 Å². The first kappa shape index (κ1) is 16.2. The Morgan fingerprint density at radius 3 is 1.33 bits per heavy atom. The van der Waals surface area contributed by atoms with Gasteiger partial charge in [-0.15, -0.1) is 0 Å². The first-order valence-electron chi connectivity index (χ1n) is 4.99. The van der Waals surface area contributed by atoms with Crippen LogP contribution in [0.3, 0.4) is 0 Å². The van der Waals surface area contributed by atoms with Gasteiger partial charge >= 0.3 is 23.9 Å². The van der Waals surface area contributed by atoms with Crippen LogP contribution in [0.5, 0.6) is 0 Å². The Kier molecular flexibility index (Phi) is 8.33. The molecular weight excluding hydrogens is 248 g/mol. The Bertz CT molecular complexity index is 290. The van der Waals surface area contributed by atoms with Crippen LogP contribution in [0.25, 0.3) is 0 Å². The molecule has 0 saturated heterocycles. The number of esters is 4. The van der Waals surface area contributed by atoms with Crippen molar-refractivity contribution in [3.8, 4) is 0 Å². The average Bonchev–Trinajstić information content (AvgIpc) is 2.20. The van der Waals surface area contributed by atoms with Gasteiger partial charge in [0.25, 0.3) is 0 Å². The quantitative estimate of drug-likeness (QED) is 0.333. The van der Waals surface area contributed by atoms with Crippen LogP contribution in [0.2, 0.25) is 0 Å². The Labute approximate surface area is 103 Å². The zero-order valence-corrected chi connectivity index (χ0v) is 10.1. The van der Waals surface area contributed by atoms with Gasteiger partial charge in [0.15, 0.2) is 0 Å². The van der Waals surface area contributed by atoms with Crippen molar-refractivity contribution in [3.05, 3.63) is 0 Å². The van der Waals surface area contributed by atoms with E-state index in [1.165, 1.54) is 0 Å². The van der Waals surface area contributed by atoms with Gasteiger partial charge < -0.3 is 18.9 Å². The van der Waals surface area contributed by atoms with E-state index in [2.05, 4.69) is 9.47 Å². The third-order valence-corrected chi connectivity index (χ3v) is 1.33. The van der Waals surface area contributed by atoms with E-state index in [0.29, 0.717) is 0 Å². The summed E-state index contributed by atoms with van der Waals surface area (Å²) in [4.78, 5) is 42.3. The molecule has 0 heterocycles. The summed E-state index contributed by atoms with van der Waals surface area (Å²) in [5, 5.41) is 0. The first-order chi connectivity index (χ1) is 8.41. The molecule has 0 aromatic rings. The van der Waals surface area contributed by atoms with Gasteiger partial charge in [-0.05, 0) is 0 Å². The van der Waals surface area contributed by atoms with Crippen molar-refractivity contribution in [2.24, 2.45) is 0 Å². The number of hydrogen-bond acceptors (Lipinski definition) is 8. The Morgan fingerprint density at radius 2 is 1.06 bits per heavy atom. The molecule has 0 bridgehead atoms. The third kappa shape index (κ3) is 10.7. The van der Waals surface area contributed by atoms with E-state index in [1.807, 2.05) is 0 Å². The van der Waals surface area contributed by atoms with E-state index in [-0.39, 0.29) is 26.4 Å². The SMILES string of the molecule is CC(=O)OC(=O)COCCOCC(=O)OC(C)=O. The number of ether oxygens (including phenoxy) is 4. The molecule has 18 heavy (non-hydrogen) atoms. The van der Waals surface area contributed by atoms with Crippen LogP contribution in [-0.2, 0) is 38.1 Å². The first-order valence-corrected chi connectivity index (χ1v) is 4.99. The molecule has 0 aromatic carbocycles. The molecule has 0 saturated carbocycles. The fourth-order valence-corrected chi connectivity index (χ4v) is 0.808. The van der Waals surface area contributed by atoms with E-state index in [9.17, 15) is 19.2 Å². The summed E-state index contributed by atoms with van der Waals surface area (Å²) in [6.45, 7) is 1.48. The lowest BCUT2D eigenvalue weighted by molar-refractivity contribution is -0.164. The molecule has 0 radical (unpaired) electrons. The van der Waals surface area contributed by atoms with Crippen molar-refractivity contribution < 1.29 is 38.1 Å². The number of carbonyl (C=O) groups excluding carboxylic acids is 4. The zero-order valence-electron chi connectivity index (χ0n) is 10.1. The van der Waals surface area contributed by atoms with Crippen molar-refractivity contribution in [2.75, 3.05) is 26.4 Å². The van der Waals surface area contributed by atoms with Gasteiger partial charge in [0.05, 0.1) is 13.2 Å². The molecule has 0 fully saturated rings. The van der Waals surface area contributed by atoms with Crippen LogP contribution in [0.1, 0.15) is 13.8 Å². The van der Waals surface area contributed by atoms with Crippen molar-refractivity contribution in [1.29, 1.82) is 0 Å². The molecule has 0 N–H and O–H groups in total. The lowest BCUT2D eigenvalue weighted by Crippen LogP contribution is -2.19. The Morgan fingerprint density at radius 1 is 0.722 bits per heavy atom. The van der Waals surface area contributed by atoms with Gasteiger partial charge in [0.1, 0.15) is 13.2 Å². The van der Waals surface area contributed by atoms with Gasteiger partial charge in [0.2, 0.25) is 0 Å². The predicted molar refractivity (Wildman–Crippen MR) is 55.2 cm³/mol. The van der Waals surface area contributed by atoms with E-state index < -0.39 is 23.9 Å². The standard InChI is InChI=1S/C10H14O8/c1-7(11)17-9(13)5-15-3-4-16-6-10(14)18-8(2)12/h3-6H2,1-2H3. The van der Waals surface area contributed by atoms with Crippen molar-refractivity contribution in [2.45, 2.75) is 13.8 Å². The molecule has 0 aliphatic rings. The maximum absolute atomic E-state index is 10.8. The van der Waals surface area contributed by atoms with E-state index in [1.54, 1.807) is 0 Å². The van der Waals surface area contributed by atoms with Crippen molar-refractivity contribution in [1.82, 2.24) is 0 Å². The maximum Gasteiger partial charge on any atom is 0.339 e. The van der Waals surface area contributed by atoms with E-state index >= 15 is 0 Å². The van der Waals surface area contributed by atoms with Crippen LogP contribution in [0.15, 0.2) is 0 Å². The molecule has 0 aliphatic carbocycles. The predicted octanol–water partition coefficient (Wildman–Crippen LogP) is -0.801. The second-order valence-electron chi connectivity index (χ2n) is 3.04. The van der Waals surface area contributed by atoms with Gasteiger partial charge in [-0.2, -0.15) is 0 Å². The second kappa shape index (κ2) is 9.25. The van der Waals surface area contributed by atoms with E-state index in [4.69, 9.17) is 9.47 Å². The minimum atomic E-state index is -0.807. The number of hydrogen-bond donors (Lipinski definition) is 0. The normalized spacial score (nSPS) is 9.67. The fourth-order valence-electron chi connectivity index (χ4n) is 0.808. The van der Waals surface area contributed by atoms with E-state index in [0.717, 1.165) is 13.8 Å². The highest BCUT2D eigenvalue weighted by molar-refractivity contribution is 5.85. The van der Waals surface area contributed by atoms with Crippen LogP contribution in [0.4, 0.5) is 0 Å². The lowest BCUT2D eigenvalue weighted by atomic mass is 10.6. The summed E-state index contributed by atoms with van der Waals surface area (Å²) in [5.41, 5.74) is 0. The minimum absolute atomic E-state index is 0.0281. The molecule has 8 nitrogen and oxygen atoms in total. The summed E-state index contributed by atoms with van der Waals surface area (Å²) >= 11 is 0. The van der Waals surface area contributed by atoms with Crippen LogP contribution < -0.4 is 0 Å². The van der Waals surface area contributed by atoms with Crippen LogP contribution in [-0.4, -0.2) is 50.3 Å². The molecule has 0 spiro atoms. The molecule has 0 amide bonds. The molecule has 0 unspecified atom stereocenters. The molecule has 0 atom stereocenters. The molecule has 102 valence electrons. The largest absolute Gasteiger partial charge is 0.392 e. The molecule has 0 rings (SSSR count). The fraction of sp³-hybridized carbons (Fsp3) is 0.600. The summed E-state index contributed by atoms with van der Waals surface area (Å²) in [5.74, 6) is -3.05. The molecule has 0 aromatic heterocycles. The second-order valence-corrected chi connectivity index (χ2v) is 3.04. The molecule has 8 heteroatoms.